The van der Waals surface area contributed by atoms with Crippen molar-refractivity contribution in [1.29, 1.82) is 0 Å². The molecule has 1 rings (SSSR count). The number of nitrogens with zero attached hydrogens (tertiary/aromatic N) is 1. The monoisotopic (exact) mass is 281 g/mol. The highest BCUT2D eigenvalue weighted by molar-refractivity contribution is 7.91. The van der Waals surface area contributed by atoms with E-state index in [9.17, 15) is 8.42 Å². The maximum Gasteiger partial charge on any atom is 0.151 e. The van der Waals surface area contributed by atoms with Gasteiger partial charge in [-0.3, -0.25) is 4.90 Å². The SMILES string of the molecule is CCCS(=O)(=O)CCN1CCCC1CCCCl. The number of halogens is 1. The summed E-state index contributed by atoms with van der Waals surface area (Å²) in [6.07, 6.45) is 5.26. The van der Waals surface area contributed by atoms with Crippen molar-refractivity contribution in [2.45, 2.75) is 45.1 Å². The van der Waals surface area contributed by atoms with Crippen LogP contribution in [0, 0.1) is 0 Å². The molecule has 102 valence electrons. The number of sulfone groups is 1. The van der Waals surface area contributed by atoms with E-state index in [1.165, 1.54) is 12.8 Å². The Kier molecular flexibility index (Phi) is 6.82. The second kappa shape index (κ2) is 7.59. The third-order valence-corrected chi connectivity index (χ3v) is 5.48. The maximum atomic E-state index is 11.7. The van der Waals surface area contributed by atoms with Gasteiger partial charge in [-0.1, -0.05) is 6.92 Å². The standard InChI is InChI=1S/C12H24ClNO2S/c1-2-10-17(15,16)11-9-14-8-4-6-12(14)5-3-7-13/h12H,2-11H2,1H3. The Bertz CT molecular complexity index is 306. The third kappa shape index (κ3) is 5.58. The molecule has 5 heteroatoms. The fourth-order valence-corrected chi connectivity index (χ4v) is 3.99. The Morgan fingerprint density at radius 3 is 2.76 bits per heavy atom. The van der Waals surface area contributed by atoms with E-state index in [4.69, 9.17) is 11.6 Å². The van der Waals surface area contributed by atoms with Crippen LogP contribution < -0.4 is 0 Å². The molecule has 0 N–H and O–H groups in total. The second-order valence-electron chi connectivity index (χ2n) is 4.82. The van der Waals surface area contributed by atoms with Crippen LogP contribution in [0.4, 0.5) is 0 Å². The molecular weight excluding hydrogens is 258 g/mol. The van der Waals surface area contributed by atoms with E-state index in [2.05, 4.69) is 4.90 Å². The summed E-state index contributed by atoms with van der Waals surface area (Å²) in [4.78, 5) is 2.33. The third-order valence-electron chi connectivity index (χ3n) is 3.37. The Hall–Kier alpha value is 0.200. The van der Waals surface area contributed by atoms with Crippen LogP contribution in [0.5, 0.6) is 0 Å². The summed E-state index contributed by atoms with van der Waals surface area (Å²) in [5.41, 5.74) is 0. The van der Waals surface area contributed by atoms with Crippen molar-refractivity contribution < 1.29 is 8.42 Å². The molecule has 1 saturated heterocycles. The summed E-state index contributed by atoms with van der Waals surface area (Å²) in [5.74, 6) is 1.35. The van der Waals surface area contributed by atoms with Gasteiger partial charge in [0, 0.05) is 24.2 Å². The molecule has 1 heterocycles. The van der Waals surface area contributed by atoms with Crippen LogP contribution in [-0.2, 0) is 9.84 Å². The summed E-state index contributed by atoms with van der Waals surface area (Å²) in [6.45, 7) is 3.67. The molecule has 1 unspecified atom stereocenters. The normalized spacial score (nSPS) is 22.1. The first kappa shape index (κ1) is 15.3. The summed E-state index contributed by atoms with van der Waals surface area (Å²) in [6, 6.07) is 0.561. The van der Waals surface area contributed by atoms with E-state index in [0.717, 1.165) is 25.8 Å². The van der Waals surface area contributed by atoms with E-state index in [-0.39, 0.29) is 0 Å². The Morgan fingerprint density at radius 1 is 1.35 bits per heavy atom. The van der Waals surface area contributed by atoms with Gasteiger partial charge in [0.15, 0.2) is 9.84 Å². The van der Waals surface area contributed by atoms with Gasteiger partial charge in [-0.05, 0) is 38.6 Å². The topological polar surface area (TPSA) is 37.4 Å². The minimum Gasteiger partial charge on any atom is -0.299 e. The van der Waals surface area contributed by atoms with Crippen molar-refractivity contribution in [3.8, 4) is 0 Å². The fourth-order valence-electron chi connectivity index (χ4n) is 2.50. The van der Waals surface area contributed by atoms with E-state index >= 15 is 0 Å². The highest BCUT2D eigenvalue weighted by atomic mass is 35.5. The van der Waals surface area contributed by atoms with Gasteiger partial charge in [0.1, 0.15) is 0 Å². The van der Waals surface area contributed by atoms with Crippen molar-refractivity contribution in [1.82, 2.24) is 4.90 Å². The lowest BCUT2D eigenvalue weighted by molar-refractivity contribution is 0.255. The lowest BCUT2D eigenvalue weighted by atomic mass is 10.1. The molecule has 17 heavy (non-hydrogen) atoms. The van der Waals surface area contributed by atoms with Crippen LogP contribution in [0.1, 0.15) is 39.0 Å². The number of alkyl halides is 1. The van der Waals surface area contributed by atoms with Crippen LogP contribution in [-0.4, -0.2) is 49.8 Å². The zero-order valence-electron chi connectivity index (χ0n) is 10.7. The molecule has 0 aromatic rings. The molecule has 0 aliphatic carbocycles. The molecule has 0 amide bonds. The zero-order valence-corrected chi connectivity index (χ0v) is 12.3. The summed E-state index contributed by atoms with van der Waals surface area (Å²) in [7, 11) is -2.83. The van der Waals surface area contributed by atoms with Gasteiger partial charge in [0.2, 0.25) is 0 Å². The van der Waals surface area contributed by atoms with Gasteiger partial charge in [0.25, 0.3) is 0 Å². The first-order valence-electron chi connectivity index (χ1n) is 6.59. The summed E-state index contributed by atoms with van der Waals surface area (Å²) < 4.78 is 23.3. The summed E-state index contributed by atoms with van der Waals surface area (Å²) >= 11 is 5.70. The molecule has 0 spiro atoms. The Morgan fingerprint density at radius 2 is 2.12 bits per heavy atom. The molecule has 0 aromatic heterocycles. The largest absolute Gasteiger partial charge is 0.299 e. The van der Waals surface area contributed by atoms with Crippen LogP contribution in [0.25, 0.3) is 0 Å². The molecule has 0 saturated carbocycles. The van der Waals surface area contributed by atoms with E-state index < -0.39 is 9.84 Å². The molecule has 3 nitrogen and oxygen atoms in total. The van der Waals surface area contributed by atoms with E-state index in [1.807, 2.05) is 6.92 Å². The molecule has 1 atom stereocenters. The molecule has 1 aliphatic heterocycles. The molecule has 0 aromatic carbocycles. The molecule has 0 radical (unpaired) electrons. The Labute approximate surface area is 110 Å². The molecule has 1 aliphatic rings. The molecule has 0 bridgehead atoms. The average molecular weight is 282 g/mol. The minimum atomic E-state index is -2.83. The van der Waals surface area contributed by atoms with Gasteiger partial charge < -0.3 is 0 Å². The van der Waals surface area contributed by atoms with Gasteiger partial charge in [-0.15, -0.1) is 11.6 Å². The van der Waals surface area contributed by atoms with Crippen molar-refractivity contribution in [2.75, 3.05) is 30.5 Å². The van der Waals surface area contributed by atoms with E-state index in [0.29, 0.717) is 30.0 Å². The lowest BCUT2D eigenvalue weighted by Gasteiger charge is -2.24. The van der Waals surface area contributed by atoms with Gasteiger partial charge in [-0.25, -0.2) is 8.42 Å². The highest BCUT2D eigenvalue weighted by Crippen LogP contribution is 2.21. The van der Waals surface area contributed by atoms with Crippen molar-refractivity contribution in [3.05, 3.63) is 0 Å². The first-order valence-corrected chi connectivity index (χ1v) is 8.95. The van der Waals surface area contributed by atoms with Crippen LogP contribution in [0.3, 0.4) is 0 Å². The van der Waals surface area contributed by atoms with Gasteiger partial charge in [0.05, 0.1) is 5.75 Å². The second-order valence-corrected chi connectivity index (χ2v) is 7.50. The van der Waals surface area contributed by atoms with Crippen molar-refractivity contribution >= 4 is 21.4 Å². The zero-order chi connectivity index (χ0) is 12.7. The summed E-state index contributed by atoms with van der Waals surface area (Å²) in [5, 5.41) is 0. The van der Waals surface area contributed by atoms with Gasteiger partial charge in [-0.2, -0.15) is 0 Å². The van der Waals surface area contributed by atoms with Crippen LogP contribution >= 0.6 is 11.6 Å². The number of likely N-dealkylation sites (tertiary alicyclic amines) is 1. The molecular formula is C12H24ClNO2S. The first-order chi connectivity index (χ1) is 8.09. The number of hydrogen-bond donors (Lipinski definition) is 0. The number of rotatable bonds is 8. The Balaban J connectivity index is 2.35. The van der Waals surface area contributed by atoms with Crippen LogP contribution in [0.15, 0.2) is 0 Å². The highest BCUT2D eigenvalue weighted by Gasteiger charge is 2.24. The van der Waals surface area contributed by atoms with Crippen molar-refractivity contribution in [3.63, 3.8) is 0 Å². The smallest absolute Gasteiger partial charge is 0.151 e. The predicted molar refractivity (Wildman–Crippen MR) is 73.5 cm³/mol. The van der Waals surface area contributed by atoms with Gasteiger partial charge >= 0.3 is 0 Å². The number of hydrogen-bond acceptors (Lipinski definition) is 3. The van der Waals surface area contributed by atoms with Crippen LogP contribution in [0.2, 0.25) is 0 Å². The van der Waals surface area contributed by atoms with E-state index in [1.54, 1.807) is 0 Å². The maximum absolute atomic E-state index is 11.7. The average Bonchev–Trinajstić information content (AvgIpc) is 2.71. The molecule has 1 fully saturated rings. The fraction of sp³-hybridized carbons (Fsp3) is 1.00. The minimum absolute atomic E-state index is 0.318. The lowest BCUT2D eigenvalue weighted by Crippen LogP contribution is -2.34. The quantitative estimate of drug-likeness (QED) is 0.641. The predicted octanol–water partition coefficient (Wildman–Crippen LogP) is 2.29. The van der Waals surface area contributed by atoms with Crippen molar-refractivity contribution in [2.24, 2.45) is 0 Å².